The van der Waals surface area contributed by atoms with Gasteiger partial charge in [0.25, 0.3) is 0 Å². The molecule has 4 nitrogen and oxygen atoms in total. The van der Waals surface area contributed by atoms with E-state index < -0.39 is 0 Å². The first kappa shape index (κ1) is 10.8. The van der Waals surface area contributed by atoms with Gasteiger partial charge in [-0.3, -0.25) is 14.6 Å². The Morgan fingerprint density at radius 1 is 1.25 bits per heavy atom. The van der Waals surface area contributed by atoms with Crippen molar-refractivity contribution in [2.75, 3.05) is 4.90 Å². The molecular formula is C12H14N2O2. The smallest absolute Gasteiger partial charge is 0.234 e. The average molecular weight is 218 g/mol. The maximum atomic E-state index is 11.9. The van der Waals surface area contributed by atoms with Gasteiger partial charge in [0.15, 0.2) is 0 Å². The van der Waals surface area contributed by atoms with Crippen LogP contribution in [0.25, 0.3) is 0 Å². The van der Waals surface area contributed by atoms with Gasteiger partial charge in [0, 0.05) is 19.0 Å². The highest BCUT2D eigenvalue weighted by Gasteiger charge is 2.38. The minimum Gasteiger partial charge on any atom is -0.274 e. The zero-order valence-electron chi connectivity index (χ0n) is 9.43. The number of anilines is 1. The van der Waals surface area contributed by atoms with Crippen LogP contribution in [-0.4, -0.2) is 16.8 Å². The Bertz CT molecular complexity index is 406. The van der Waals surface area contributed by atoms with Crippen molar-refractivity contribution >= 4 is 17.5 Å². The van der Waals surface area contributed by atoms with Gasteiger partial charge >= 0.3 is 0 Å². The molecule has 1 saturated heterocycles. The second-order valence-electron chi connectivity index (χ2n) is 4.85. The minimum absolute atomic E-state index is 0.144. The maximum Gasteiger partial charge on any atom is 0.234 e. The lowest BCUT2D eigenvalue weighted by Gasteiger charge is -2.34. The van der Waals surface area contributed by atoms with Crippen LogP contribution >= 0.6 is 0 Å². The molecule has 0 aliphatic carbocycles. The number of hydrogen-bond donors (Lipinski definition) is 0. The summed E-state index contributed by atoms with van der Waals surface area (Å²) in [6, 6.07) is 3.44. The number of hydrogen-bond acceptors (Lipinski definition) is 3. The van der Waals surface area contributed by atoms with Crippen molar-refractivity contribution in [3.8, 4) is 0 Å². The lowest BCUT2D eigenvalue weighted by atomic mass is 9.81. The molecule has 0 spiro atoms. The van der Waals surface area contributed by atoms with Crippen molar-refractivity contribution < 1.29 is 9.59 Å². The molecule has 0 atom stereocenters. The Hall–Kier alpha value is -1.71. The van der Waals surface area contributed by atoms with E-state index in [0.717, 1.165) is 0 Å². The Balaban J connectivity index is 2.31. The van der Waals surface area contributed by atoms with Crippen molar-refractivity contribution in [3.05, 3.63) is 24.5 Å². The van der Waals surface area contributed by atoms with E-state index in [-0.39, 0.29) is 17.2 Å². The van der Waals surface area contributed by atoms with E-state index in [1.165, 1.54) is 11.1 Å². The molecule has 16 heavy (non-hydrogen) atoms. The highest BCUT2D eigenvalue weighted by molar-refractivity contribution is 6.16. The quantitative estimate of drug-likeness (QED) is 0.675. The Morgan fingerprint density at radius 3 is 2.38 bits per heavy atom. The van der Waals surface area contributed by atoms with E-state index in [1.54, 1.807) is 18.3 Å². The highest BCUT2D eigenvalue weighted by Crippen LogP contribution is 2.33. The fraction of sp³-hybridized carbons (Fsp3) is 0.417. The molecule has 4 heteroatoms. The molecule has 1 aromatic rings. The summed E-state index contributed by atoms with van der Waals surface area (Å²) in [5.74, 6) is -0.288. The van der Waals surface area contributed by atoms with E-state index in [9.17, 15) is 9.59 Å². The number of piperidine rings is 1. The van der Waals surface area contributed by atoms with Gasteiger partial charge in [0.05, 0.1) is 11.9 Å². The summed E-state index contributed by atoms with van der Waals surface area (Å²) in [4.78, 5) is 28.9. The van der Waals surface area contributed by atoms with Crippen LogP contribution in [0.2, 0.25) is 0 Å². The first-order valence-electron chi connectivity index (χ1n) is 5.25. The van der Waals surface area contributed by atoms with Crippen molar-refractivity contribution in [2.45, 2.75) is 26.7 Å². The number of aromatic nitrogens is 1. The van der Waals surface area contributed by atoms with Gasteiger partial charge in [-0.25, -0.2) is 4.90 Å². The summed E-state index contributed by atoms with van der Waals surface area (Å²) >= 11 is 0. The van der Waals surface area contributed by atoms with Crippen LogP contribution in [-0.2, 0) is 9.59 Å². The third kappa shape index (κ3) is 1.96. The number of imide groups is 1. The molecule has 0 radical (unpaired) electrons. The average Bonchev–Trinajstić information content (AvgIpc) is 2.16. The molecule has 1 fully saturated rings. The molecule has 84 valence electrons. The molecule has 0 saturated carbocycles. The lowest BCUT2D eigenvalue weighted by Crippen LogP contribution is -2.46. The summed E-state index contributed by atoms with van der Waals surface area (Å²) in [6.45, 7) is 3.87. The van der Waals surface area contributed by atoms with Crippen molar-refractivity contribution in [1.29, 1.82) is 0 Å². The van der Waals surface area contributed by atoms with Crippen LogP contribution in [0.3, 0.4) is 0 Å². The third-order valence-corrected chi connectivity index (χ3v) is 2.66. The van der Waals surface area contributed by atoms with E-state index in [2.05, 4.69) is 4.98 Å². The van der Waals surface area contributed by atoms with Gasteiger partial charge in [0.1, 0.15) is 0 Å². The number of rotatable bonds is 1. The molecule has 0 N–H and O–H groups in total. The van der Waals surface area contributed by atoms with Crippen LogP contribution in [0.5, 0.6) is 0 Å². The molecular weight excluding hydrogens is 204 g/mol. The zero-order chi connectivity index (χ0) is 11.8. The van der Waals surface area contributed by atoms with E-state index in [0.29, 0.717) is 18.5 Å². The summed E-state index contributed by atoms with van der Waals surface area (Å²) in [5, 5.41) is 0. The summed E-state index contributed by atoms with van der Waals surface area (Å²) < 4.78 is 0. The maximum absolute atomic E-state index is 11.9. The number of carbonyl (C=O) groups is 2. The van der Waals surface area contributed by atoms with E-state index in [4.69, 9.17) is 0 Å². The topological polar surface area (TPSA) is 50.3 Å². The largest absolute Gasteiger partial charge is 0.274 e. The van der Waals surface area contributed by atoms with E-state index in [1.807, 2.05) is 13.8 Å². The van der Waals surface area contributed by atoms with Crippen molar-refractivity contribution in [3.63, 3.8) is 0 Å². The normalized spacial score (nSPS) is 20.0. The SMILES string of the molecule is CC1(C)CC(=O)N(c2cccnc2)C(=O)C1. The van der Waals surface area contributed by atoms with Crippen LogP contribution in [0, 0.1) is 5.41 Å². The second kappa shape index (κ2) is 3.70. The van der Waals surface area contributed by atoms with Gasteiger partial charge in [-0.15, -0.1) is 0 Å². The number of amides is 2. The molecule has 1 aliphatic rings. The number of carbonyl (C=O) groups excluding carboxylic acids is 2. The van der Waals surface area contributed by atoms with Crippen LogP contribution in [0.15, 0.2) is 24.5 Å². The van der Waals surface area contributed by atoms with Gasteiger partial charge < -0.3 is 0 Å². The van der Waals surface area contributed by atoms with Crippen LogP contribution in [0.4, 0.5) is 5.69 Å². The van der Waals surface area contributed by atoms with Gasteiger partial charge in [-0.05, 0) is 17.5 Å². The first-order chi connectivity index (χ1) is 7.49. The van der Waals surface area contributed by atoms with Crippen molar-refractivity contribution in [1.82, 2.24) is 4.98 Å². The summed E-state index contributed by atoms with van der Waals surface area (Å²) in [6.07, 6.45) is 3.95. The molecule has 0 aromatic carbocycles. The minimum atomic E-state index is -0.229. The summed E-state index contributed by atoms with van der Waals surface area (Å²) in [7, 11) is 0. The molecule has 2 amide bonds. The number of pyridine rings is 1. The highest BCUT2D eigenvalue weighted by atomic mass is 16.2. The van der Waals surface area contributed by atoms with Gasteiger partial charge in [-0.2, -0.15) is 0 Å². The molecule has 1 aromatic heterocycles. The molecule has 2 heterocycles. The Morgan fingerprint density at radius 2 is 1.88 bits per heavy atom. The Labute approximate surface area is 94.3 Å². The lowest BCUT2D eigenvalue weighted by molar-refractivity contribution is -0.132. The number of nitrogens with zero attached hydrogens (tertiary/aromatic N) is 2. The van der Waals surface area contributed by atoms with Gasteiger partial charge in [-0.1, -0.05) is 13.8 Å². The monoisotopic (exact) mass is 218 g/mol. The third-order valence-electron chi connectivity index (χ3n) is 2.66. The fourth-order valence-corrected chi connectivity index (χ4v) is 1.95. The molecule has 1 aliphatic heterocycles. The first-order valence-corrected chi connectivity index (χ1v) is 5.25. The molecule has 0 unspecified atom stereocenters. The van der Waals surface area contributed by atoms with Crippen LogP contribution < -0.4 is 4.90 Å². The fourth-order valence-electron chi connectivity index (χ4n) is 1.95. The second-order valence-corrected chi connectivity index (χ2v) is 4.85. The Kier molecular flexibility index (Phi) is 2.50. The summed E-state index contributed by atoms with van der Waals surface area (Å²) in [5.41, 5.74) is 0.334. The van der Waals surface area contributed by atoms with Gasteiger partial charge in [0.2, 0.25) is 11.8 Å². The standard InChI is InChI=1S/C12H14N2O2/c1-12(2)6-10(15)14(11(16)7-12)9-4-3-5-13-8-9/h3-5,8H,6-7H2,1-2H3. The predicted molar refractivity (Wildman–Crippen MR) is 59.7 cm³/mol. The molecule has 0 bridgehead atoms. The van der Waals surface area contributed by atoms with E-state index >= 15 is 0 Å². The van der Waals surface area contributed by atoms with Crippen LogP contribution in [0.1, 0.15) is 26.7 Å². The predicted octanol–water partition coefficient (Wildman–Crippen LogP) is 1.76. The van der Waals surface area contributed by atoms with Crippen molar-refractivity contribution in [2.24, 2.45) is 5.41 Å². The molecule has 2 rings (SSSR count). The zero-order valence-corrected chi connectivity index (χ0v) is 9.43.